The lowest BCUT2D eigenvalue weighted by molar-refractivity contribution is 0.0773. The molecule has 6 heteroatoms. The number of hydrogen-bond acceptors (Lipinski definition) is 3. The topological polar surface area (TPSA) is 67.2 Å². The lowest BCUT2D eigenvalue weighted by atomic mass is 10.1. The van der Waals surface area contributed by atoms with E-state index in [4.69, 9.17) is 0 Å². The van der Waals surface area contributed by atoms with E-state index < -0.39 is 0 Å². The second-order valence-corrected chi connectivity index (χ2v) is 5.28. The fourth-order valence-electron chi connectivity index (χ4n) is 2.31. The van der Waals surface area contributed by atoms with E-state index in [1.807, 2.05) is 20.8 Å². The Balaban J connectivity index is 2.10. The average Bonchev–Trinajstić information content (AvgIpc) is 2.88. The van der Waals surface area contributed by atoms with Crippen LogP contribution in [0.3, 0.4) is 0 Å². The predicted octanol–water partition coefficient (Wildman–Crippen LogP) is 2.46. The van der Waals surface area contributed by atoms with Crippen LogP contribution in [0.1, 0.15) is 40.3 Å². The number of rotatable bonds is 5. The molecule has 6 nitrogen and oxygen atoms in total. The number of carbonyl (C=O) groups is 2. The predicted molar refractivity (Wildman–Crippen MR) is 89.6 cm³/mol. The van der Waals surface area contributed by atoms with Crippen molar-refractivity contribution in [3.05, 3.63) is 47.3 Å². The zero-order chi connectivity index (χ0) is 17.0. The van der Waals surface area contributed by atoms with Gasteiger partial charge in [-0.25, -0.2) is 0 Å². The van der Waals surface area contributed by atoms with E-state index in [1.165, 1.54) is 0 Å². The first-order valence-electron chi connectivity index (χ1n) is 7.67. The normalized spacial score (nSPS) is 10.4. The van der Waals surface area contributed by atoms with Crippen molar-refractivity contribution in [2.24, 2.45) is 7.05 Å². The molecule has 0 bridgehead atoms. The quantitative estimate of drug-likeness (QED) is 0.922. The van der Waals surface area contributed by atoms with Crippen LogP contribution in [0.2, 0.25) is 0 Å². The summed E-state index contributed by atoms with van der Waals surface area (Å²) in [6, 6.07) is 6.93. The van der Waals surface area contributed by atoms with Gasteiger partial charge < -0.3 is 10.2 Å². The minimum absolute atomic E-state index is 0.00372. The van der Waals surface area contributed by atoms with Crippen molar-refractivity contribution in [1.29, 1.82) is 0 Å². The summed E-state index contributed by atoms with van der Waals surface area (Å²) in [6.07, 6.45) is 1.54. The molecule has 0 aliphatic heterocycles. The summed E-state index contributed by atoms with van der Waals surface area (Å²) in [6.45, 7) is 7.09. The molecule has 1 N–H and O–H groups in total. The van der Waals surface area contributed by atoms with Crippen molar-refractivity contribution in [3.8, 4) is 0 Å². The number of hydrogen-bond donors (Lipinski definition) is 1. The summed E-state index contributed by atoms with van der Waals surface area (Å²) in [5.74, 6) is -0.214. The maximum atomic E-state index is 12.2. The van der Waals surface area contributed by atoms with E-state index in [9.17, 15) is 9.59 Å². The highest BCUT2D eigenvalue weighted by molar-refractivity contribution is 6.05. The standard InChI is InChI=1S/C17H22N4O2/c1-5-21(6-2)17(23)13-7-9-14(10-8-13)19-16(22)15-11-18-20(4)12(15)3/h7-11H,5-6H2,1-4H3,(H,19,22). The van der Waals surface area contributed by atoms with Crippen molar-refractivity contribution < 1.29 is 9.59 Å². The minimum atomic E-state index is -0.210. The maximum absolute atomic E-state index is 12.2. The van der Waals surface area contributed by atoms with Crippen LogP contribution in [0.25, 0.3) is 0 Å². The molecule has 0 radical (unpaired) electrons. The smallest absolute Gasteiger partial charge is 0.259 e. The second kappa shape index (κ2) is 7.09. The third-order valence-corrected chi connectivity index (χ3v) is 3.92. The largest absolute Gasteiger partial charge is 0.339 e. The SMILES string of the molecule is CCN(CC)C(=O)c1ccc(NC(=O)c2cnn(C)c2C)cc1. The third kappa shape index (κ3) is 3.59. The first-order valence-corrected chi connectivity index (χ1v) is 7.67. The van der Waals surface area contributed by atoms with Crippen LogP contribution in [0, 0.1) is 6.92 Å². The second-order valence-electron chi connectivity index (χ2n) is 5.28. The highest BCUT2D eigenvalue weighted by Gasteiger charge is 2.14. The van der Waals surface area contributed by atoms with Crippen LogP contribution in [0.4, 0.5) is 5.69 Å². The fraction of sp³-hybridized carbons (Fsp3) is 0.353. The van der Waals surface area contributed by atoms with Gasteiger partial charge in [-0.1, -0.05) is 0 Å². The van der Waals surface area contributed by atoms with Crippen molar-refractivity contribution in [2.45, 2.75) is 20.8 Å². The van der Waals surface area contributed by atoms with Crippen LogP contribution < -0.4 is 5.32 Å². The highest BCUT2D eigenvalue weighted by Crippen LogP contribution is 2.14. The van der Waals surface area contributed by atoms with Crippen LogP contribution in [0.5, 0.6) is 0 Å². The molecule has 0 aliphatic carbocycles. The first-order chi connectivity index (χ1) is 11.0. The van der Waals surface area contributed by atoms with Gasteiger partial charge in [-0.05, 0) is 45.0 Å². The summed E-state index contributed by atoms with van der Waals surface area (Å²) in [4.78, 5) is 26.2. The van der Waals surface area contributed by atoms with Gasteiger partial charge >= 0.3 is 0 Å². The van der Waals surface area contributed by atoms with E-state index in [2.05, 4.69) is 10.4 Å². The first kappa shape index (κ1) is 16.7. The molecule has 0 aliphatic rings. The number of carbonyl (C=O) groups excluding carboxylic acids is 2. The van der Waals surface area contributed by atoms with Gasteiger partial charge in [-0.2, -0.15) is 5.10 Å². The number of amides is 2. The van der Waals surface area contributed by atoms with Crippen LogP contribution >= 0.6 is 0 Å². The van der Waals surface area contributed by atoms with Crippen molar-refractivity contribution in [1.82, 2.24) is 14.7 Å². The summed E-state index contributed by atoms with van der Waals surface area (Å²) >= 11 is 0. The molecule has 0 fully saturated rings. The molecule has 2 aromatic rings. The fourth-order valence-corrected chi connectivity index (χ4v) is 2.31. The average molecular weight is 314 g/mol. The lowest BCUT2D eigenvalue weighted by Crippen LogP contribution is -2.30. The molecule has 0 unspecified atom stereocenters. The van der Waals surface area contributed by atoms with Crippen LogP contribution in [0.15, 0.2) is 30.5 Å². The Bertz CT molecular complexity index is 700. The van der Waals surface area contributed by atoms with Crippen LogP contribution in [-0.2, 0) is 7.05 Å². The van der Waals surface area contributed by atoms with Crippen LogP contribution in [-0.4, -0.2) is 39.6 Å². The molecule has 2 rings (SSSR count). The van der Waals surface area contributed by atoms with E-state index in [0.29, 0.717) is 29.9 Å². The monoisotopic (exact) mass is 314 g/mol. The van der Waals surface area contributed by atoms with Gasteiger partial charge in [0.1, 0.15) is 0 Å². The Kier molecular flexibility index (Phi) is 5.16. The molecule has 1 aromatic carbocycles. The number of benzene rings is 1. The number of aromatic nitrogens is 2. The van der Waals surface area contributed by atoms with E-state index in [-0.39, 0.29) is 11.8 Å². The summed E-state index contributed by atoms with van der Waals surface area (Å²) in [5.41, 5.74) is 2.60. The van der Waals surface area contributed by atoms with Crippen molar-refractivity contribution >= 4 is 17.5 Å². The molecular weight excluding hydrogens is 292 g/mol. The van der Waals surface area contributed by atoms with Crippen molar-refractivity contribution in [2.75, 3.05) is 18.4 Å². The van der Waals surface area contributed by atoms with Gasteiger partial charge in [0.15, 0.2) is 0 Å². The molecular formula is C17H22N4O2. The van der Waals surface area contributed by atoms with Gasteiger partial charge in [-0.15, -0.1) is 0 Å². The highest BCUT2D eigenvalue weighted by atomic mass is 16.2. The molecule has 2 amide bonds. The molecule has 0 atom stereocenters. The molecule has 1 aromatic heterocycles. The van der Waals surface area contributed by atoms with Gasteiger partial charge in [0, 0.05) is 37.1 Å². The molecule has 122 valence electrons. The Labute approximate surface area is 136 Å². The summed E-state index contributed by atoms with van der Waals surface area (Å²) in [5, 5.41) is 6.88. The van der Waals surface area contributed by atoms with Gasteiger partial charge in [-0.3, -0.25) is 14.3 Å². The number of nitrogens with zero attached hydrogens (tertiary/aromatic N) is 3. The third-order valence-electron chi connectivity index (χ3n) is 3.92. The number of anilines is 1. The number of nitrogens with one attached hydrogen (secondary N) is 1. The van der Waals surface area contributed by atoms with Gasteiger partial charge in [0.2, 0.25) is 0 Å². The minimum Gasteiger partial charge on any atom is -0.339 e. The van der Waals surface area contributed by atoms with Gasteiger partial charge in [0.25, 0.3) is 11.8 Å². The Hall–Kier alpha value is -2.63. The molecule has 0 spiro atoms. The lowest BCUT2D eigenvalue weighted by Gasteiger charge is -2.18. The van der Waals surface area contributed by atoms with E-state index >= 15 is 0 Å². The molecule has 0 saturated carbocycles. The Morgan fingerprint density at radius 3 is 2.26 bits per heavy atom. The summed E-state index contributed by atoms with van der Waals surface area (Å²) < 4.78 is 1.65. The molecule has 0 saturated heterocycles. The van der Waals surface area contributed by atoms with Crippen molar-refractivity contribution in [3.63, 3.8) is 0 Å². The zero-order valence-corrected chi connectivity index (χ0v) is 14.0. The van der Waals surface area contributed by atoms with E-state index in [1.54, 1.807) is 47.1 Å². The zero-order valence-electron chi connectivity index (χ0n) is 14.0. The summed E-state index contributed by atoms with van der Waals surface area (Å²) in [7, 11) is 1.79. The molecule has 23 heavy (non-hydrogen) atoms. The van der Waals surface area contributed by atoms with E-state index in [0.717, 1.165) is 5.69 Å². The van der Waals surface area contributed by atoms with Gasteiger partial charge in [0.05, 0.1) is 11.8 Å². The Morgan fingerprint density at radius 2 is 1.78 bits per heavy atom. The maximum Gasteiger partial charge on any atom is 0.259 e. The number of aryl methyl sites for hydroxylation is 1. The Morgan fingerprint density at radius 1 is 1.17 bits per heavy atom. The molecule has 1 heterocycles.